The van der Waals surface area contributed by atoms with Gasteiger partial charge in [-0.15, -0.1) is 0 Å². The van der Waals surface area contributed by atoms with E-state index in [-0.39, 0.29) is 0 Å². The second-order valence-electron chi connectivity index (χ2n) is 7.97. The molecular formula is C22H44. The Hall–Kier alpha value is 0. The van der Waals surface area contributed by atoms with Crippen molar-refractivity contribution in [1.29, 1.82) is 0 Å². The highest BCUT2D eigenvalue weighted by Crippen LogP contribution is 2.26. The summed E-state index contributed by atoms with van der Waals surface area (Å²) in [4.78, 5) is 0. The van der Waals surface area contributed by atoms with E-state index in [1.165, 1.54) is 116 Å². The highest BCUT2D eigenvalue weighted by molar-refractivity contribution is 4.63. The monoisotopic (exact) mass is 308 g/mol. The zero-order chi connectivity index (χ0) is 15.9. The van der Waals surface area contributed by atoms with Crippen LogP contribution in [-0.4, -0.2) is 0 Å². The van der Waals surface area contributed by atoms with Crippen LogP contribution < -0.4 is 0 Å². The van der Waals surface area contributed by atoms with Gasteiger partial charge < -0.3 is 0 Å². The van der Waals surface area contributed by atoms with Crippen LogP contribution >= 0.6 is 0 Å². The third kappa shape index (κ3) is 10.7. The molecule has 0 heterocycles. The van der Waals surface area contributed by atoms with E-state index in [4.69, 9.17) is 0 Å². The molecule has 0 aromatic carbocycles. The lowest BCUT2D eigenvalue weighted by atomic mass is 9.88. The van der Waals surface area contributed by atoms with Crippen molar-refractivity contribution in [2.75, 3.05) is 0 Å². The fourth-order valence-corrected chi connectivity index (χ4v) is 4.27. The first-order valence-corrected chi connectivity index (χ1v) is 10.9. The van der Waals surface area contributed by atoms with Gasteiger partial charge in [-0.3, -0.25) is 0 Å². The Bertz CT molecular complexity index is 220. The minimum absolute atomic E-state index is 1.03. The zero-order valence-electron chi connectivity index (χ0n) is 15.9. The Kier molecular flexibility index (Phi) is 13.3. The van der Waals surface area contributed by atoms with E-state index < -0.39 is 0 Å². The molecule has 0 nitrogen and oxygen atoms in total. The second kappa shape index (κ2) is 14.6. The fraction of sp³-hybridized carbons (Fsp3) is 1.00. The van der Waals surface area contributed by atoms with Crippen molar-refractivity contribution in [3.8, 4) is 0 Å². The average Bonchev–Trinajstić information content (AvgIpc) is 2.53. The molecule has 1 aliphatic carbocycles. The molecule has 1 rings (SSSR count). The van der Waals surface area contributed by atoms with Gasteiger partial charge in [0.25, 0.3) is 0 Å². The number of hydrogen-bond acceptors (Lipinski definition) is 0. The first kappa shape index (κ1) is 20.0. The molecule has 0 N–H and O–H groups in total. The molecule has 0 radical (unpaired) electrons. The normalized spacial score (nSPS) is 27.5. The van der Waals surface area contributed by atoms with Gasteiger partial charge in [0.2, 0.25) is 0 Å². The van der Waals surface area contributed by atoms with Gasteiger partial charge >= 0.3 is 0 Å². The van der Waals surface area contributed by atoms with Gasteiger partial charge in [0, 0.05) is 0 Å². The maximum Gasteiger partial charge on any atom is -0.0414 e. The van der Waals surface area contributed by atoms with Gasteiger partial charge in [-0.05, 0) is 11.8 Å². The topological polar surface area (TPSA) is 0 Å². The first-order chi connectivity index (χ1) is 10.9. The van der Waals surface area contributed by atoms with Gasteiger partial charge in [-0.1, -0.05) is 129 Å². The zero-order valence-corrected chi connectivity index (χ0v) is 15.9. The second-order valence-corrected chi connectivity index (χ2v) is 7.97. The minimum Gasteiger partial charge on any atom is -0.0654 e. The maximum absolute atomic E-state index is 2.41. The molecule has 1 saturated carbocycles. The van der Waals surface area contributed by atoms with Crippen molar-refractivity contribution in [3.05, 3.63) is 0 Å². The van der Waals surface area contributed by atoms with Crippen molar-refractivity contribution in [3.63, 3.8) is 0 Å². The summed E-state index contributed by atoms with van der Waals surface area (Å²) >= 11 is 0. The Morgan fingerprint density at radius 2 is 0.955 bits per heavy atom. The smallest absolute Gasteiger partial charge is 0.0414 e. The molecule has 0 heteroatoms. The van der Waals surface area contributed by atoms with Gasteiger partial charge in [0.05, 0.1) is 0 Å². The predicted molar refractivity (Wildman–Crippen MR) is 101 cm³/mol. The standard InChI is InChI=1S/C22H44/c1-3-5-16-22-19-13-10-8-6-7-9-12-17-21(4-2)18-14-11-15-20-22/h21-22H,3-20H2,1-2H3. The molecule has 1 fully saturated rings. The molecule has 0 bridgehead atoms. The van der Waals surface area contributed by atoms with Crippen LogP contribution in [0.3, 0.4) is 0 Å². The van der Waals surface area contributed by atoms with Crippen LogP contribution in [0.25, 0.3) is 0 Å². The van der Waals surface area contributed by atoms with Crippen molar-refractivity contribution < 1.29 is 0 Å². The SMILES string of the molecule is CCCCC1CCCCCCCCCC(CC)CCCCC1. The van der Waals surface area contributed by atoms with Gasteiger partial charge in [0.1, 0.15) is 0 Å². The van der Waals surface area contributed by atoms with Crippen molar-refractivity contribution in [2.24, 2.45) is 11.8 Å². The van der Waals surface area contributed by atoms with Crippen LogP contribution in [0.1, 0.15) is 129 Å². The van der Waals surface area contributed by atoms with Crippen LogP contribution in [-0.2, 0) is 0 Å². The largest absolute Gasteiger partial charge is 0.0654 e. The lowest BCUT2D eigenvalue weighted by Crippen LogP contribution is -2.03. The third-order valence-corrected chi connectivity index (χ3v) is 5.99. The molecule has 0 aliphatic heterocycles. The van der Waals surface area contributed by atoms with E-state index >= 15 is 0 Å². The molecule has 2 atom stereocenters. The highest BCUT2D eigenvalue weighted by atomic mass is 14.2. The van der Waals surface area contributed by atoms with Crippen molar-refractivity contribution >= 4 is 0 Å². The fourth-order valence-electron chi connectivity index (χ4n) is 4.27. The Balaban J connectivity index is 2.31. The summed E-state index contributed by atoms with van der Waals surface area (Å²) in [5, 5.41) is 0. The number of hydrogen-bond donors (Lipinski definition) is 0. The molecule has 0 saturated heterocycles. The van der Waals surface area contributed by atoms with Crippen molar-refractivity contribution in [1.82, 2.24) is 0 Å². The van der Waals surface area contributed by atoms with E-state index in [9.17, 15) is 0 Å². The van der Waals surface area contributed by atoms with E-state index in [1.54, 1.807) is 0 Å². The van der Waals surface area contributed by atoms with Gasteiger partial charge in [0.15, 0.2) is 0 Å². The van der Waals surface area contributed by atoms with E-state index in [0.717, 1.165) is 11.8 Å². The Morgan fingerprint density at radius 1 is 0.545 bits per heavy atom. The maximum atomic E-state index is 2.41. The molecule has 0 aromatic heterocycles. The van der Waals surface area contributed by atoms with Gasteiger partial charge in [-0.25, -0.2) is 0 Å². The molecule has 0 amide bonds. The van der Waals surface area contributed by atoms with Crippen LogP contribution in [0.15, 0.2) is 0 Å². The van der Waals surface area contributed by atoms with Crippen LogP contribution in [0, 0.1) is 11.8 Å². The van der Waals surface area contributed by atoms with E-state index in [2.05, 4.69) is 13.8 Å². The predicted octanol–water partition coefficient (Wildman–Crippen LogP) is 8.29. The summed E-state index contributed by atoms with van der Waals surface area (Å²) in [6.45, 7) is 4.75. The van der Waals surface area contributed by atoms with Crippen molar-refractivity contribution in [2.45, 2.75) is 129 Å². The van der Waals surface area contributed by atoms with E-state index in [0.29, 0.717) is 0 Å². The average molecular weight is 309 g/mol. The summed E-state index contributed by atoms with van der Waals surface area (Å²) in [5.41, 5.74) is 0. The molecule has 2 unspecified atom stereocenters. The quantitative estimate of drug-likeness (QED) is 0.490. The first-order valence-electron chi connectivity index (χ1n) is 10.9. The summed E-state index contributed by atoms with van der Waals surface area (Å²) < 4.78 is 0. The van der Waals surface area contributed by atoms with E-state index in [1.807, 2.05) is 0 Å². The van der Waals surface area contributed by atoms with Crippen LogP contribution in [0.4, 0.5) is 0 Å². The number of unbranched alkanes of at least 4 members (excludes halogenated alkanes) is 1. The lowest BCUT2D eigenvalue weighted by molar-refractivity contribution is 0.353. The molecule has 1 aliphatic rings. The highest BCUT2D eigenvalue weighted by Gasteiger charge is 2.10. The minimum atomic E-state index is 1.03. The lowest BCUT2D eigenvalue weighted by Gasteiger charge is -2.18. The molecule has 0 aromatic rings. The summed E-state index contributed by atoms with van der Waals surface area (Å²) in [6.07, 6.45) is 26.8. The molecule has 132 valence electrons. The summed E-state index contributed by atoms with van der Waals surface area (Å²) in [6, 6.07) is 0. The van der Waals surface area contributed by atoms with Gasteiger partial charge in [-0.2, -0.15) is 0 Å². The molecular weight excluding hydrogens is 264 g/mol. The number of rotatable bonds is 4. The Labute approximate surface area is 141 Å². The summed E-state index contributed by atoms with van der Waals surface area (Å²) in [7, 11) is 0. The molecule has 0 spiro atoms. The summed E-state index contributed by atoms with van der Waals surface area (Å²) in [5.74, 6) is 2.08. The molecule has 22 heavy (non-hydrogen) atoms. The Morgan fingerprint density at radius 3 is 1.41 bits per heavy atom. The van der Waals surface area contributed by atoms with Crippen LogP contribution in [0.5, 0.6) is 0 Å². The van der Waals surface area contributed by atoms with Crippen LogP contribution in [0.2, 0.25) is 0 Å². The third-order valence-electron chi connectivity index (χ3n) is 5.99.